The molecule has 0 saturated heterocycles. The molecule has 0 heterocycles. The lowest BCUT2D eigenvalue weighted by atomic mass is 10.1. The fourth-order valence-electron chi connectivity index (χ4n) is 2.26. The molecular weight excluding hydrogens is 468 g/mol. The van der Waals surface area contributed by atoms with Crippen molar-refractivity contribution in [3.05, 3.63) is 56.5 Å². The van der Waals surface area contributed by atoms with E-state index in [4.69, 9.17) is 9.47 Å². The molecule has 0 radical (unpaired) electrons. The Morgan fingerprint density at radius 3 is 2.00 bits per heavy atom. The van der Waals surface area contributed by atoms with Crippen LogP contribution in [0.25, 0.3) is 0 Å². The van der Waals surface area contributed by atoms with Crippen LogP contribution in [0.15, 0.2) is 45.3 Å². The highest BCUT2D eigenvalue weighted by Crippen LogP contribution is 2.46. The van der Waals surface area contributed by atoms with Gasteiger partial charge in [-0.25, -0.2) is 4.79 Å². The number of esters is 1. The van der Waals surface area contributed by atoms with Crippen molar-refractivity contribution in [2.75, 3.05) is 21.3 Å². The maximum atomic E-state index is 11.1. The lowest BCUT2D eigenvalue weighted by Gasteiger charge is -2.10. The van der Waals surface area contributed by atoms with Crippen LogP contribution in [0.1, 0.15) is 28.8 Å². The Kier molecular flexibility index (Phi) is 7.08. The average molecular weight is 488 g/mol. The van der Waals surface area contributed by atoms with E-state index in [2.05, 4.69) is 36.6 Å². The molecular formula is C19H20Br2O5. The smallest absolute Gasteiger partial charge is 0.337 e. The average Bonchev–Trinajstić information content (AvgIpc) is 3.41. The molecule has 2 aromatic carbocycles. The largest absolute Gasteiger partial charge is 0.496 e. The lowest BCUT2D eigenvalue weighted by Crippen LogP contribution is -2.04. The summed E-state index contributed by atoms with van der Waals surface area (Å²) in [7, 11) is 4.51. The third-order valence-corrected chi connectivity index (χ3v) is 5.29. The van der Waals surface area contributed by atoms with Gasteiger partial charge in [0.05, 0.1) is 41.4 Å². The van der Waals surface area contributed by atoms with Gasteiger partial charge in [-0.05, 0) is 80.6 Å². The second-order valence-electron chi connectivity index (χ2n) is 5.72. The van der Waals surface area contributed by atoms with Crippen LogP contribution in [0.3, 0.4) is 0 Å². The van der Waals surface area contributed by atoms with Gasteiger partial charge >= 0.3 is 5.97 Å². The molecule has 2 aromatic rings. The van der Waals surface area contributed by atoms with E-state index in [1.807, 2.05) is 18.2 Å². The van der Waals surface area contributed by atoms with Crippen LogP contribution in [-0.2, 0) is 10.3 Å². The van der Waals surface area contributed by atoms with Gasteiger partial charge in [0, 0.05) is 0 Å². The van der Waals surface area contributed by atoms with Gasteiger partial charge in [-0.15, -0.1) is 0 Å². The molecule has 0 amide bonds. The Morgan fingerprint density at radius 2 is 1.50 bits per heavy atom. The summed E-state index contributed by atoms with van der Waals surface area (Å²) in [5.41, 5.74) is 0.851. The van der Waals surface area contributed by atoms with Crippen LogP contribution in [0, 0.1) is 0 Å². The molecule has 7 heteroatoms. The molecule has 0 unspecified atom stereocenters. The highest BCUT2D eigenvalue weighted by atomic mass is 79.9. The summed E-state index contributed by atoms with van der Waals surface area (Å²) in [6.45, 7) is 0. The van der Waals surface area contributed by atoms with Crippen molar-refractivity contribution in [1.82, 2.24) is 0 Å². The lowest BCUT2D eigenvalue weighted by molar-refractivity contribution is 0.0600. The number of hydrogen-bond acceptors (Lipinski definition) is 5. The summed E-state index contributed by atoms with van der Waals surface area (Å²) in [4.78, 5) is 11.1. The predicted octanol–water partition coefficient (Wildman–Crippen LogP) is 4.68. The minimum Gasteiger partial charge on any atom is -0.496 e. The van der Waals surface area contributed by atoms with Crippen LogP contribution >= 0.6 is 31.9 Å². The van der Waals surface area contributed by atoms with Crippen LogP contribution in [0.2, 0.25) is 0 Å². The zero-order chi connectivity index (χ0) is 19.3. The van der Waals surface area contributed by atoms with E-state index < -0.39 is 5.60 Å². The molecule has 26 heavy (non-hydrogen) atoms. The van der Waals surface area contributed by atoms with Gasteiger partial charge < -0.3 is 19.3 Å². The van der Waals surface area contributed by atoms with Gasteiger partial charge in [0.2, 0.25) is 0 Å². The first kappa shape index (κ1) is 20.7. The number of carbonyl (C=O) groups is 1. The van der Waals surface area contributed by atoms with Crippen molar-refractivity contribution in [2.24, 2.45) is 0 Å². The molecule has 0 bridgehead atoms. The minimum absolute atomic E-state index is 0.370. The van der Waals surface area contributed by atoms with Crippen molar-refractivity contribution in [3.63, 3.8) is 0 Å². The summed E-state index contributed by atoms with van der Waals surface area (Å²) in [5, 5.41) is 9.84. The zero-order valence-electron chi connectivity index (χ0n) is 14.7. The standard InChI is InChI=1S/C10H11BrO2.C9H9BrO3/c1-13-9-6-7(2-3-8(9)11)10(12)4-5-10;1-12-8-5-6(9(11)13-2)3-4-7(8)10/h2-3,6,12H,4-5H2,1H3;3-5H,1-2H3. The van der Waals surface area contributed by atoms with Crippen LogP contribution in [-0.4, -0.2) is 32.4 Å². The number of aliphatic hydroxyl groups is 1. The topological polar surface area (TPSA) is 65.0 Å². The molecule has 1 aliphatic rings. The first-order chi connectivity index (χ1) is 12.3. The third-order valence-electron chi connectivity index (χ3n) is 3.98. The van der Waals surface area contributed by atoms with Crippen molar-refractivity contribution in [3.8, 4) is 11.5 Å². The number of methoxy groups -OCH3 is 3. The van der Waals surface area contributed by atoms with Gasteiger partial charge in [0.1, 0.15) is 11.5 Å². The molecule has 0 aliphatic heterocycles. The van der Waals surface area contributed by atoms with Crippen molar-refractivity contribution >= 4 is 37.8 Å². The van der Waals surface area contributed by atoms with Gasteiger partial charge in [0.15, 0.2) is 0 Å². The van der Waals surface area contributed by atoms with Crippen molar-refractivity contribution in [1.29, 1.82) is 0 Å². The van der Waals surface area contributed by atoms with Crippen LogP contribution in [0.4, 0.5) is 0 Å². The summed E-state index contributed by atoms with van der Waals surface area (Å²) in [5.74, 6) is 1.02. The molecule has 1 N–H and O–H groups in total. The van der Waals surface area contributed by atoms with E-state index in [1.54, 1.807) is 32.4 Å². The van der Waals surface area contributed by atoms with Gasteiger partial charge in [0.25, 0.3) is 0 Å². The first-order valence-corrected chi connectivity index (χ1v) is 9.41. The van der Waals surface area contributed by atoms with Gasteiger partial charge in [-0.3, -0.25) is 0 Å². The highest BCUT2D eigenvalue weighted by Gasteiger charge is 2.42. The summed E-state index contributed by atoms with van der Waals surface area (Å²) in [6.07, 6.45) is 1.72. The van der Waals surface area contributed by atoms with Crippen molar-refractivity contribution < 1.29 is 24.1 Å². The predicted molar refractivity (Wildman–Crippen MR) is 106 cm³/mol. The molecule has 1 saturated carbocycles. The SMILES string of the molecule is COC(=O)c1ccc(Br)c(OC)c1.COc1cc(C2(O)CC2)ccc1Br. The zero-order valence-corrected chi connectivity index (χ0v) is 17.9. The molecule has 140 valence electrons. The normalized spacial score (nSPS) is 13.9. The second-order valence-corrected chi connectivity index (χ2v) is 7.43. The maximum Gasteiger partial charge on any atom is 0.337 e. The van der Waals surface area contributed by atoms with E-state index in [9.17, 15) is 9.90 Å². The Balaban J connectivity index is 0.000000187. The Morgan fingerprint density at radius 1 is 0.962 bits per heavy atom. The maximum absolute atomic E-state index is 11.1. The van der Waals surface area contributed by atoms with E-state index >= 15 is 0 Å². The molecule has 5 nitrogen and oxygen atoms in total. The van der Waals surface area contributed by atoms with Gasteiger partial charge in [-0.1, -0.05) is 6.07 Å². The van der Waals surface area contributed by atoms with Gasteiger partial charge in [-0.2, -0.15) is 0 Å². The number of ether oxygens (including phenoxy) is 3. The second kappa shape index (κ2) is 8.88. The monoisotopic (exact) mass is 486 g/mol. The van der Waals surface area contributed by atoms with Crippen molar-refractivity contribution in [2.45, 2.75) is 18.4 Å². The van der Waals surface area contributed by atoms with E-state index in [0.717, 1.165) is 33.1 Å². The summed E-state index contributed by atoms with van der Waals surface area (Å²) in [6, 6.07) is 10.8. The number of benzene rings is 2. The number of rotatable bonds is 4. The fourth-order valence-corrected chi connectivity index (χ4v) is 3.08. The number of carbonyl (C=O) groups excluding carboxylic acids is 1. The molecule has 0 aromatic heterocycles. The van der Waals surface area contributed by atoms with Crippen LogP contribution in [0.5, 0.6) is 11.5 Å². The molecule has 1 aliphatic carbocycles. The fraction of sp³-hybridized carbons (Fsp3) is 0.316. The first-order valence-electron chi connectivity index (χ1n) is 7.83. The molecule has 0 atom stereocenters. The third kappa shape index (κ3) is 4.99. The highest BCUT2D eigenvalue weighted by molar-refractivity contribution is 9.10. The molecule has 1 fully saturated rings. The quantitative estimate of drug-likeness (QED) is 0.634. The minimum atomic E-state index is -0.575. The number of halogens is 2. The Hall–Kier alpha value is -1.57. The van der Waals surface area contributed by atoms with E-state index in [-0.39, 0.29) is 5.97 Å². The van der Waals surface area contributed by atoms with E-state index in [1.165, 1.54) is 7.11 Å². The van der Waals surface area contributed by atoms with Crippen LogP contribution < -0.4 is 9.47 Å². The summed E-state index contributed by atoms with van der Waals surface area (Å²) >= 11 is 6.66. The molecule has 0 spiro atoms. The Labute approximate surface area is 169 Å². The number of hydrogen-bond donors (Lipinski definition) is 1. The van der Waals surface area contributed by atoms with E-state index in [0.29, 0.717) is 11.3 Å². The Bertz CT molecular complexity index is 787. The summed E-state index contributed by atoms with van der Waals surface area (Å²) < 4.78 is 16.5. The molecule has 3 rings (SSSR count).